The van der Waals surface area contributed by atoms with Crippen LogP contribution in [0, 0.1) is 5.92 Å². The minimum absolute atomic E-state index is 0.0175. The molecule has 0 aromatic heterocycles. The van der Waals surface area contributed by atoms with Crippen LogP contribution in [0.5, 0.6) is 5.75 Å². The van der Waals surface area contributed by atoms with Crippen LogP contribution in [0.4, 0.5) is 0 Å². The summed E-state index contributed by atoms with van der Waals surface area (Å²) in [6.07, 6.45) is 3.25. The number of rotatable bonds is 4. The van der Waals surface area contributed by atoms with Gasteiger partial charge in [0.1, 0.15) is 5.75 Å². The largest absolute Gasteiger partial charge is 0.494 e. The Morgan fingerprint density at radius 3 is 2.22 bits per heavy atom. The van der Waals surface area contributed by atoms with Gasteiger partial charge in [0.05, 0.1) is 35.4 Å². The number of methoxy groups -OCH3 is 1. The van der Waals surface area contributed by atoms with E-state index < -0.39 is 18.3 Å². The van der Waals surface area contributed by atoms with Crippen molar-refractivity contribution in [2.75, 3.05) is 7.11 Å². The molecule has 1 heterocycles. The Kier molecular flexibility index (Phi) is 5.81. The van der Waals surface area contributed by atoms with E-state index in [0.717, 1.165) is 31.1 Å². The van der Waals surface area contributed by atoms with Gasteiger partial charge in [-0.2, -0.15) is 0 Å². The molecule has 0 spiro atoms. The minimum Gasteiger partial charge on any atom is -0.489 e. The first kappa shape index (κ1) is 20.5. The molecule has 7 heteroatoms. The van der Waals surface area contributed by atoms with Crippen molar-refractivity contribution in [1.82, 2.24) is 0 Å². The van der Waals surface area contributed by atoms with Crippen LogP contribution in [0.3, 0.4) is 0 Å². The smallest absolute Gasteiger partial charge is 0.489 e. The molecule has 1 aliphatic carbocycles. The second-order valence-electron chi connectivity index (χ2n) is 8.39. The van der Waals surface area contributed by atoms with Gasteiger partial charge in [0, 0.05) is 0 Å². The highest BCUT2D eigenvalue weighted by Gasteiger charge is 2.51. The molecule has 5 nitrogen and oxygen atoms in total. The monoisotopic (exact) mass is 394 g/mol. The topological polar surface area (TPSA) is 54.0 Å². The van der Waals surface area contributed by atoms with Gasteiger partial charge < -0.3 is 18.8 Å². The zero-order chi connectivity index (χ0) is 19.8. The molecule has 1 aromatic rings. The third-order valence-electron chi connectivity index (χ3n) is 5.98. The van der Waals surface area contributed by atoms with Crippen LogP contribution < -0.4 is 10.2 Å². The summed E-state index contributed by atoms with van der Waals surface area (Å²) in [5.41, 5.74) is 0.0928. The van der Waals surface area contributed by atoms with E-state index in [0.29, 0.717) is 10.8 Å². The van der Waals surface area contributed by atoms with E-state index in [4.69, 9.17) is 30.4 Å². The van der Waals surface area contributed by atoms with Crippen molar-refractivity contribution in [2.45, 2.75) is 70.7 Å². The zero-order valence-electron chi connectivity index (χ0n) is 16.7. The van der Waals surface area contributed by atoms with Crippen molar-refractivity contribution in [2.24, 2.45) is 5.92 Å². The van der Waals surface area contributed by atoms with Gasteiger partial charge in [-0.05, 0) is 71.0 Å². The van der Waals surface area contributed by atoms with Crippen molar-refractivity contribution < 1.29 is 23.6 Å². The van der Waals surface area contributed by atoms with Gasteiger partial charge >= 0.3 is 13.1 Å². The third kappa shape index (κ3) is 4.28. The molecule has 2 aliphatic rings. The molecule has 1 saturated heterocycles. The molecule has 2 fully saturated rings. The maximum Gasteiger partial charge on any atom is 0.494 e. The first-order chi connectivity index (χ1) is 12.6. The van der Waals surface area contributed by atoms with E-state index in [1.54, 1.807) is 0 Å². The van der Waals surface area contributed by atoms with E-state index in [-0.39, 0.29) is 18.0 Å². The summed E-state index contributed by atoms with van der Waals surface area (Å²) in [5, 5.41) is 0.539. The quantitative estimate of drug-likeness (QED) is 0.575. The second kappa shape index (κ2) is 7.65. The average molecular weight is 395 g/mol. The number of halogens is 1. The maximum atomic E-state index is 11.6. The van der Waals surface area contributed by atoms with E-state index in [1.165, 1.54) is 7.11 Å². The lowest BCUT2D eigenvalue weighted by Gasteiger charge is -2.32. The summed E-state index contributed by atoms with van der Waals surface area (Å²) in [4.78, 5) is 11.6. The Labute approximate surface area is 166 Å². The van der Waals surface area contributed by atoms with Gasteiger partial charge in [-0.1, -0.05) is 17.7 Å². The summed E-state index contributed by atoms with van der Waals surface area (Å²) in [6.45, 7) is 8.10. The molecule has 27 heavy (non-hydrogen) atoms. The van der Waals surface area contributed by atoms with Crippen molar-refractivity contribution >= 4 is 30.2 Å². The molecule has 1 aliphatic heterocycles. The Morgan fingerprint density at radius 2 is 1.70 bits per heavy atom. The molecule has 3 rings (SSSR count). The predicted molar refractivity (Wildman–Crippen MR) is 106 cm³/mol. The van der Waals surface area contributed by atoms with Crippen LogP contribution in [-0.2, 0) is 18.8 Å². The minimum atomic E-state index is -0.447. The maximum absolute atomic E-state index is 11.6. The normalized spacial score (nSPS) is 26.7. The molecule has 148 valence electrons. The Bertz CT molecular complexity index is 682. The Morgan fingerprint density at radius 1 is 1.11 bits per heavy atom. The standard InChI is InChI=1S/C20H28BClO5/c1-19(2)20(3,4)27-21(26-19)14-8-11-17(16(22)12-14)25-15-9-6-13(7-10-15)18(23)24-5/h8,11-13,15H,6-7,9-10H2,1-5H3. The van der Waals surface area contributed by atoms with Gasteiger partial charge in [-0.3, -0.25) is 4.79 Å². The highest BCUT2D eigenvalue weighted by atomic mass is 35.5. The van der Waals surface area contributed by atoms with Gasteiger partial charge in [-0.25, -0.2) is 0 Å². The Hall–Kier alpha value is -1.24. The highest BCUT2D eigenvalue weighted by Crippen LogP contribution is 2.37. The molecule has 0 atom stereocenters. The second-order valence-corrected chi connectivity index (χ2v) is 8.80. The van der Waals surface area contributed by atoms with Gasteiger partial charge in [0.25, 0.3) is 0 Å². The summed E-state index contributed by atoms with van der Waals surface area (Å²) < 4.78 is 23.1. The summed E-state index contributed by atoms with van der Waals surface area (Å²) in [7, 11) is 0.990. The first-order valence-electron chi connectivity index (χ1n) is 9.52. The number of hydrogen-bond acceptors (Lipinski definition) is 5. The van der Waals surface area contributed by atoms with E-state index in [9.17, 15) is 4.79 Å². The number of ether oxygens (including phenoxy) is 2. The van der Waals surface area contributed by atoms with Gasteiger partial charge in [-0.15, -0.1) is 0 Å². The summed E-state index contributed by atoms with van der Waals surface area (Å²) in [5.74, 6) is 0.507. The van der Waals surface area contributed by atoms with E-state index in [1.807, 2.05) is 45.9 Å². The van der Waals surface area contributed by atoms with E-state index >= 15 is 0 Å². The fourth-order valence-electron chi connectivity index (χ4n) is 3.50. The van der Waals surface area contributed by atoms with E-state index in [2.05, 4.69) is 0 Å². The van der Waals surface area contributed by atoms with Crippen molar-refractivity contribution in [3.05, 3.63) is 23.2 Å². The zero-order valence-corrected chi connectivity index (χ0v) is 17.5. The molecule has 0 radical (unpaired) electrons. The van der Waals surface area contributed by atoms with Crippen LogP contribution in [0.2, 0.25) is 5.02 Å². The number of benzene rings is 1. The van der Waals surface area contributed by atoms with Crippen LogP contribution in [0.1, 0.15) is 53.4 Å². The third-order valence-corrected chi connectivity index (χ3v) is 6.28. The molecular weight excluding hydrogens is 366 g/mol. The predicted octanol–water partition coefficient (Wildman–Crippen LogP) is 3.75. The molecule has 0 bridgehead atoms. The molecule has 1 saturated carbocycles. The number of hydrogen-bond donors (Lipinski definition) is 0. The molecule has 0 N–H and O–H groups in total. The molecule has 0 unspecified atom stereocenters. The number of carbonyl (C=O) groups excluding carboxylic acids is 1. The first-order valence-corrected chi connectivity index (χ1v) is 9.90. The fraction of sp³-hybridized carbons (Fsp3) is 0.650. The van der Waals surface area contributed by atoms with Crippen LogP contribution in [0.25, 0.3) is 0 Å². The van der Waals surface area contributed by atoms with Crippen LogP contribution in [0.15, 0.2) is 18.2 Å². The van der Waals surface area contributed by atoms with Gasteiger partial charge in [0.15, 0.2) is 0 Å². The van der Waals surface area contributed by atoms with Crippen molar-refractivity contribution in [1.29, 1.82) is 0 Å². The molecule has 1 aromatic carbocycles. The Balaban J connectivity index is 1.62. The van der Waals surface area contributed by atoms with Crippen LogP contribution >= 0.6 is 11.6 Å². The SMILES string of the molecule is COC(=O)C1CCC(Oc2ccc(B3OC(C)(C)C(C)(C)O3)cc2Cl)CC1. The number of esters is 1. The fourth-order valence-corrected chi connectivity index (χ4v) is 3.73. The summed E-state index contributed by atoms with van der Waals surface area (Å²) >= 11 is 6.46. The molecule has 0 amide bonds. The number of carbonyl (C=O) groups is 1. The van der Waals surface area contributed by atoms with Crippen LogP contribution in [-0.4, -0.2) is 37.5 Å². The lowest BCUT2D eigenvalue weighted by atomic mass is 9.79. The molecular formula is C20H28BClO5. The van der Waals surface area contributed by atoms with Crippen molar-refractivity contribution in [3.63, 3.8) is 0 Å². The summed E-state index contributed by atoms with van der Waals surface area (Å²) in [6, 6.07) is 5.65. The van der Waals surface area contributed by atoms with Crippen molar-refractivity contribution in [3.8, 4) is 5.75 Å². The lowest BCUT2D eigenvalue weighted by Crippen LogP contribution is -2.41. The highest BCUT2D eigenvalue weighted by molar-refractivity contribution is 6.62. The van der Waals surface area contributed by atoms with Gasteiger partial charge in [0.2, 0.25) is 0 Å². The lowest BCUT2D eigenvalue weighted by molar-refractivity contribution is -0.147. The average Bonchev–Trinajstić information content (AvgIpc) is 2.84.